The number of nitrogens with zero attached hydrogens (tertiary/aromatic N) is 2. The number of phenols is 1. The standard InChI is InChI=1S/C56H57N3O5Si/c1-37-31-39(32-38(2)53(37)60)33-40(49-23-15-16-30-57-49)24-29-50-51-41(35-64-65(56(3,4)5,45-19-11-7-12-20-45)46-21-13-8-14-22-46)34-47-52(48(51)36-63-50)55(62)59(54(47)61)44-27-25-43(26-28-44)58-42-17-9-6-10-18-42/h6-23,25-28,30-33,47-48,50,52,58,60H,24,29,34-36H2,1-5H3/b40-33-/t47-,48+,50-,52-/m1/s1. The number of carbonyl (C=O) groups excluding carboxylic acids is 2. The molecule has 0 saturated carbocycles. The van der Waals surface area contributed by atoms with Crippen molar-refractivity contribution in [1.29, 1.82) is 0 Å². The number of anilines is 3. The highest BCUT2D eigenvalue weighted by Crippen LogP contribution is 2.51. The van der Waals surface area contributed by atoms with Gasteiger partial charge in [0.15, 0.2) is 0 Å². The average molecular weight is 880 g/mol. The number of ether oxygens (including phenoxy) is 1. The lowest BCUT2D eigenvalue weighted by Gasteiger charge is -2.44. The number of phenolic OH excluding ortho intramolecular Hbond substituents is 1. The van der Waals surface area contributed by atoms with Gasteiger partial charge in [-0.2, -0.15) is 0 Å². The molecule has 2 fully saturated rings. The predicted octanol–water partition coefficient (Wildman–Crippen LogP) is 10.6. The van der Waals surface area contributed by atoms with Crippen molar-refractivity contribution < 1.29 is 23.9 Å². The van der Waals surface area contributed by atoms with E-state index < -0.39 is 20.2 Å². The number of allylic oxidation sites excluding steroid dienone is 1. The Morgan fingerprint density at radius 1 is 0.800 bits per heavy atom. The van der Waals surface area contributed by atoms with Crippen molar-refractivity contribution in [3.05, 3.63) is 185 Å². The molecule has 2 saturated heterocycles. The van der Waals surface area contributed by atoms with E-state index in [1.807, 2.05) is 117 Å². The molecule has 0 spiro atoms. The molecule has 3 heterocycles. The number of para-hydroxylation sites is 1. The molecule has 6 aromatic rings. The van der Waals surface area contributed by atoms with Crippen LogP contribution in [0.4, 0.5) is 17.1 Å². The van der Waals surface area contributed by atoms with E-state index in [1.54, 1.807) is 0 Å². The molecule has 0 unspecified atom stereocenters. The van der Waals surface area contributed by atoms with Crippen molar-refractivity contribution in [3.8, 4) is 5.75 Å². The Balaban J connectivity index is 1.08. The monoisotopic (exact) mass is 879 g/mol. The summed E-state index contributed by atoms with van der Waals surface area (Å²) in [4.78, 5) is 35.7. The molecule has 0 bridgehead atoms. The molecule has 3 aliphatic rings. The van der Waals surface area contributed by atoms with Crippen LogP contribution >= 0.6 is 0 Å². The number of aryl methyl sites for hydroxylation is 2. The summed E-state index contributed by atoms with van der Waals surface area (Å²) in [5.41, 5.74) is 9.09. The summed E-state index contributed by atoms with van der Waals surface area (Å²) in [6.45, 7) is 11.3. The fraction of sp³-hybridized carbons (Fsp3) is 0.268. The molecule has 8 nitrogen and oxygen atoms in total. The first-order chi connectivity index (χ1) is 31.4. The molecule has 9 rings (SSSR count). The van der Waals surface area contributed by atoms with Gasteiger partial charge in [0.2, 0.25) is 11.8 Å². The first kappa shape index (κ1) is 43.8. The molecule has 65 heavy (non-hydrogen) atoms. The molecule has 1 aliphatic carbocycles. The van der Waals surface area contributed by atoms with E-state index >= 15 is 0 Å². The van der Waals surface area contributed by atoms with E-state index in [0.29, 0.717) is 43.9 Å². The Bertz CT molecular complexity index is 2670. The third kappa shape index (κ3) is 8.52. The molecule has 2 aliphatic heterocycles. The number of hydrogen-bond donors (Lipinski definition) is 2. The molecule has 330 valence electrons. The largest absolute Gasteiger partial charge is 0.507 e. The second-order valence-corrected chi connectivity index (χ2v) is 23.1. The van der Waals surface area contributed by atoms with E-state index in [2.05, 4.69) is 80.7 Å². The van der Waals surface area contributed by atoms with Gasteiger partial charge >= 0.3 is 0 Å². The van der Waals surface area contributed by atoms with Gasteiger partial charge in [-0.05, 0) is 149 Å². The van der Waals surface area contributed by atoms with E-state index in [9.17, 15) is 14.7 Å². The number of aromatic hydroxyl groups is 1. The maximum absolute atomic E-state index is 14.8. The van der Waals surface area contributed by atoms with Crippen molar-refractivity contribution >= 4 is 59.2 Å². The first-order valence-electron chi connectivity index (χ1n) is 22.7. The highest BCUT2D eigenvalue weighted by Gasteiger charge is 2.58. The smallest absolute Gasteiger partial charge is 0.261 e. The molecular formula is C56H57N3O5Si. The summed E-state index contributed by atoms with van der Waals surface area (Å²) in [6.07, 6.45) is 5.38. The van der Waals surface area contributed by atoms with Crippen LogP contribution < -0.4 is 20.6 Å². The number of hydrogen-bond acceptors (Lipinski definition) is 7. The number of carbonyl (C=O) groups is 2. The van der Waals surface area contributed by atoms with Crippen LogP contribution in [0.5, 0.6) is 5.75 Å². The van der Waals surface area contributed by atoms with Crippen molar-refractivity contribution in [1.82, 2.24) is 4.98 Å². The van der Waals surface area contributed by atoms with Crippen LogP contribution in [-0.4, -0.2) is 49.5 Å². The van der Waals surface area contributed by atoms with Gasteiger partial charge in [-0.15, -0.1) is 0 Å². The first-order valence-corrected chi connectivity index (χ1v) is 24.6. The Morgan fingerprint density at radius 3 is 2.00 bits per heavy atom. The number of nitrogens with one attached hydrogen (secondary N) is 1. The highest BCUT2D eigenvalue weighted by molar-refractivity contribution is 6.99. The molecule has 4 atom stereocenters. The molecule has 1 aromatic heterocycles. The molecule has 0 radical (unpaired) electrons. The Kier molecular flexibility index (Phi) is 12.3. The van der Waals surface area contributed by atoms with Gasteiger partial charge in [-0.25, -0.2) is 0 Å². The van der Waals surface area contributed by atoms with Crippen molar-refractivity contribution in [2.24, 2.45) is 17.8 Å². The third-order valence-electron chi connectivity index (χ3n) is 13.6. The average Bonchev–Trinajstić information content (AvgIpc) is 3.85. The maximum Gasteiger partial charge on any atom is 0.261 e. The molecule has 2 N–H and O–H groups in total. The zero-order chi connectivity index (χ0) is 45.3. The minimum atomic E-state index is -2.98. The lowest BCUT2D eigenvalue weighted by Crippen LogP contribution is -2.66. The number of benzene rings is 5. The van der Waals surface area contributed by atoms with Gasteiger partial charge < -0.3 is 19.6 Å². The Labute approximate surface area is 383 Å². The Morgan fingerprint density at radius 2 is 1.40 bits per heavy atom. The van der Waals surface area contributed by atoms with E-state index in [4.69, 9.17) is 14.1 Å². The zero-order valence-corrected chi connectivity index (χ0v) is 38.8. The van der Waals surface area contributed by atoms with Crippen LogP contribution in [0.2, 0.25) is 5.04 Å². The quantitative estimate of drug-likeness (QED) is 0.0677. The van der Waals surface area contributed by atoms with Crippen molar-refractivity contribution in [2.45, 2.75) is 65.0 Å². The van der Waals surface area contributed by atoms with Crippen LogP contribution in [0, 0.1) is 31.6 Å². The van der Waals surface area contributed by atoms with E-state index in [1.165, 1.54) is 15.3 Å². The van der Waals surface area contributed by atoms with Gasteiger partial charge in [0, 0.05) is 23.5 Å². The molecule has 5 aromatic carbocycles. The number of fused-ring (bicyclic) bond motifs is 3. The number of aromatic nitrogens is 1. The molecular weight excluding hydrogens is 823 g/mol. The summed E-state index contributed by atoms with van der Waals surface area (Å²) in [6, 6.07) is 48.7. The van der Waals surface area contributed by atoms with Crippen molar-refractivity contribution in [3.63, 3.8) is 0 Å². The fourth-order valence-electron chi connectivity index (χ4n) is 10.6. The van der Waals surface area contributed by atoms with E-state index in [0.717, 1.165) is 50.5 Å². The molecule has 9 heteroatoms. The topological polar surface area (TPSA) is 101 Å². The van der Waals surface area contributed by atoms with Gasteiger partial charge in [0.1, 0.15) is 5.75 Å². The normalized spacial score (nSPS) is 20.0. The van der Waals surface area contributed by atoms with Crippen molar-refractivity contribution in [2.75, 3.05) is 23.4 Å². The van der Waals surface area contributed by atoms with Crippen LogP contribution in [0.15, 0.2) is 163 Å². The lowest BCUT2D eigenvalue weighted by molar-refractivity contribution is -0.122. The summed E-state index contributed by atoms with van der Waals surface area (Å²) in [5, 5.41) is 16.1. The second kappa shape index (κ2) is 18.2. The fourth-order valence-corrected chi connectivity index (χ4v) is 15.1. The summed E-state index contributed by atoms with van der Waals surface area (Å²) in [7, 11) is -2.98. The minimum Gasteiger partial charge on any atom is -0.507 e. The number of amides is 2. The van der Waals surface area contributed by atoms with Gasteiger partial charge in [0.25, 0.3) is 8.32 Å². The second-order valence-electron chi connectivity index (χ2n) is 18.8. The van der Waals surface area contributed by atoms with Gasteiger partial charge in [-0.1, -0.05) is 106 Å². The predicted molar refractivity (Wildman–Crippen MR) is 263 cm³/mol. The lowest BCUT2D eigenvalue weighted by atomic mass is 9.69. The van der Waals surface area contributed by atoms with Crippen LogP contribution in [0.3, 0.4) is 0 Å². The summed E-state index contributed by atoms with van der Waals surface area (Å²) < 4.78 is 14.4. The summed E-state index contributed by atoms with van der Waals surface area (Å²) >= 11 is 0. The van der Waals surface area contributed by atoms with Gasteiger partial charge in [-0.3, -0.25) is 19.5 Å². The molecule has 2 amide bonds. The summed E-state index contributed by atoms with van der Waals surface area (Å²) in [5.74, 6) is -1.40. The Hall–Kier alpha value is -6.39. The van der Waals surface area contributed by atoms with Crippen LogP contribution in [0.25, 0.3) is 11.6 Å². The number of pyridine rings is 1. The maximum atomic E-state index is 14.8. The number of rotatable bonds is 13. The minimum absolute atomic E-state index is 0.172. The third-order valence-corrected chi connectivity index (χ3v) is 18.6. The van der Waals surface area contributed by atoms with Crippen LogP contribution in [-0.2, 0) is 18.8 Å². The van der Waals surface area contributed by atoms with Crippen LogP contribution in [0.1, 0.15) is 62.4 Å². The van der Waals surface area contributed by atoms with E-state index in [-0.39, 0.29) is 28.9 Å². The zero-order valence-electron chi connectivity index (χ0n) is 37.8. The highest BCUT2D eigenvalue weighted by atomic mass is 28.4. The van der Waals surface area contributed by atoms with Gasteiger partial charge in [0.05, 0.1) is 42.5 Å². The number of imide groups is 1. The SMILES string of the molecule is Cc1cc(/C=C(/CC[C@H]2OC[C@H]3C2=C(CO[Si](c2ccccc2)(c2ccccc2)C(C)(C)C)C[C@H]2C(=O)N(c4ccc(Nc5ccccc5)cc4)C(=O)[C@H]23)c2ccccn2)cc(C)c1O.